The van der Waals surface area contributed by atoms with Crippen molar-refractivity contribution in [3.8, 4) is 0 Å². The van der Waals surface area contributed by atoms with Crippen LogP contribution in [0, 0.1) is 0 Å². The van der Waals surface area contributed by atoms with Crippen molar-refractivity contribution in [3.63, 3.8) is 0 Å². The second kappa shape index (κ2) is 4.28. The van der Waals surface area contributed by atoms with Crippen molar-refractivity contribution >= 4 is 22.8 Å². The quantitative estimate of drug-likeness (QED) is 0.463. The number of esters is 1. The third-order valence-electron chi connectivity index (χ3n) is 0.815. The van der Waals surface area contributed by atoms with E-state index in [1.165, 1.54) is 6.92 Å². The van der Waals surface area contributed by atoms with Gasteiger partial charge in [0.15, 0.2) is 0 Å². The van der Waals surface area contributed by atoms with Crippen LogP contribution < -0.4 is 0 Å². The number of carbonyl (C=O) groups excluding carboxylic acids is 2. The SMILES string of the molecule is CC(=O)OC(C)CC(=O)Cl. The highest BCUT2D eigenvalue weighted by molar-refractivity contribution is 6.63. The third-order valence-corrected chi connectivity index (χ3v) is 0.969. The molecule has 0 amide bonds. The largest absolute Gasteiger partial charge is 0.462 e. The molecule has 58 valence electrons. The highest BCUT2D eigenvalue weighted by Crippen LogP contribution is 2.00. The van der Waals surface area contributed by atoms with Crippen LogP contribution in [-0.4, -0.2) is 17.3 Å². The Morgan fingerprint density at radius 3 is 2.40 bits per heavy atom. The Morgan fingerprint density at radius 2 is 2.10 bits per heavy atom. The molecule has 0 radical (unpaired) electrons. The Morgan fingerprint density at radius 1 is 1.60 bits per heavy atom. The number of hydrogen-bond donors (Lipinski definition) is 0. The van der Waals surface area contributed by atoms with E-state index in [4.69, 9.17) is 11.6 Å². The molecule has 0 aromatic rings. The van der Waals surface area contributed by atoms with Crippen molar-refractivity contribution in [2.45, 2.75) is 26.4 Å². The van der Waals surface area contributed by atoms with E-state index in [-0.39, 0.29) is 6.42 Å². The molecule has 0 N–H and O–H groups in total. The first-order chi connectivity index (χ1) is 4.52. The van der Waals surface area contributed by atoms with Gasteiger partial charge < -0.3 is 4.74 Å². The van der Waals surface area contributed by atoms with E-state index < -0.39 is 17.3 Å². The molecule has 0 bridgehead atoms. The van der Waals surface area contributed by atoms with Crippen molar-refractivity contribution in [2.75, 3.05) is 0 Å². The molecule has 1 atom stereocenters. The number of rotatable bonds is 3. The van der Waals surface area contributed by atoms with Gasteiger partial charge >= 0.3 is 5.97 Å². The van der Waals surface area contributed by atoms with Gasteiger partial charge in [0, 0.05) is 6.92 Å². The van der Waals surface area contributed by atoms with E-state index in [0.29, 0.717) is 0 Å². The summed E-state index contributed by atoms with van der Waals surface area (Å²) < 4.78 is 4.62. The number of halogens is 1. The van der Waals surface area contributed by atoms with Gasteiger partial charge in [-0.05, 0) is 18.5 Å². The lowest BCUT2D eigenvalue weighted by atomic mass is 10.3. The van der Waals surface area contributed by atoms with Gasteiger partial charge in [0.2, 0.25) is 5.24 Å². The van der Waals surface area contributed by atoms with Gasteiger partial charge in [-0.2, -0.15) is 0 Å². The fourth-order valence-electron chi connectivity index (χ4n) is 0.551. The van der Waals surface area contributed by atoms with Gasteiger partial charge in [0.25, 0.3) is 0 Å². The summed E-state index contributed by atoms with van der Waals surface area (Å²) in [5, 5.41) is -0.492. The first-order valence-corrected chi connectivity index (χ1v) is 3.25. The summed E-state index contributed by atoms with van der Waals surface area (Å²) in [7, 11) is 0. The number of carbonyl (C=O) groups is 2. The van der Waals surface area contributed by atoms with Crippen LogP contribution in [0.3, 0.4) is 0 Å². The molecule has 0 aliphatic carbocycles. The molecule has 0 saturated carbocycles. The maximum absolute atomic E-state index is 10.3. The summed E-state index contributed by atoms with van der Waals surface area (Å²) in [6.45, 7) is 2.90. The maximum atomic E-state index is 10.3. The van der Waals surface area contributed by atoms with Crippen LogP contribution in [0.15, 0.2) is 0 Å². The lowest BCUT2D eigenvalue weighted by Gasteiger charge is -2.07. The Kier molecular flexibility index (Phi) is 4.03. The monoisotopic (exact) mass is 164 g/mol. The van der Waals surface area contributed by atoms with Crippen molar-refractivity contribution in [2.24, 2.45) is 0 Å². The van der Waals surface area contributed by atoms with Crippen LogP contribution in [0.5, 0.6) is 0 Å². The molecule has 0 aliphatic heterocycles. The van der Waals surface area contributed by atoms with E-state index in [1.54, 1.807) is 6.92 Å². The average molecular weight is 165 g/mol. The van der Waals surface area contributed by atoms with E-state index >= 15 is 0 Å². The minimum atomic E-state index is -0.492. The molecular formula is C6H9ClO3. The second-order valence-electron chi connectivity index (χ2n) is 1.98. The highest BCUT2D eigenvalue weighted by atomic mass is 35.5. The molecule has 0 aromatic carbocycles. The molecule has 3 nitrogen and oxygen atoms in total. The molecule has 0 aliphatic rings. The molecule has 0 aromatic heterocycles. The lowest BCUT2D eigenvalue weighted by molar-refractivity contribution is -0.146. The topological polar surface area (TPSA) is 43.4 Å². The maximum Gasteiger partial charge on any atom is 0.302 e. The average Bonchev–Trinajstić information content (AvgIpc) is 1.58. The molecule has 10 heavy (non-hydrogen) atoms. The van der Waals surface area contributed by atoms with E-state index in [0.717, 1.165) is 0 Å². The zero-order chi connectivity index (χ0) is 8.15. The molecule has 0 saturated heterocycles. The number of ether oxygens (including phenoxy) is 1. The van der Waals surface area contributed by atoms with Gasteiger partial charge in [-0.1, -0.05) is 0 Å². The molecule has 4 heteroatoms. The zero-order valence-corrected chi connectivity index (χ0v) is 6.64. The first-order valence-electron chi connectivity index (χ1n) is 2.88. The van der Waals surface area contributed by atoms with Crippen molar-refractivity contribution in [3.05, 3.63) is 0 Å². The van der Waals surface area contributed by atoms with Gasteiger partial charge in [0.05, 0.1) is 6.42 Å². The number of hydrogen-bond acceptors (Lipinski definition) is 3. The predicted octanol–water partition coefficient (Wildman–Crippen LogP) is 1.09. The normalized spacial score (nSPS) is 12.3. The predicted molar refractivity (Wildman–Crippen MR) is 36.7 cm³/mol. The summed E-state index contributed by atoms with van der Waals surface area (Å²) in [5.41, 5.74) is 0. The van der Waals surface area contributed by atoms with Crippen LogP contribution in [0.1, 0.15) is 20.3 Å². The minimum absolute atomic E-state index is 0.0706. The van der Waals surface area contributed by atoms with Gasteiger partial charge in [-0.3, -0.25) is 9.59 Å². The Hall–Kier alpha value is -0.570. The van der Waals surface area contributed by atoms with Gasteiger partial charge in [0.1, 0.15) is 6.10 Å². The summed E-state index contributed by atoms with van der Waals surface area (Å²) in [4.78, 5) is 20.5. The van der Waals surface area contributed by atoms with Gasteiger partial charge in [-0.15, -0.1) is 0 Å². The highest BCUT2D eigenvalue weighted by Gasteiger charge is 2.08. The van der Waals surface area contributed by atoms with E-state index in [1.807, 2.05) is 0 Å². The summed E-state index contributed by atoms with van der Waals surface area (Å²) in [6.07, 6.45) is -0.344. The van der Waals surface area contributed by atoms with E-state index in [2.05, 4.69) is 4.74 Å². The fraction of sp³-hybridized carbons (Fsp3) is 0.667. The summed E-state index contributed by atoms with van der Waals surface area (Å²) in [5.74, 6) is -0.398. The molecule has 0 rings (SSSR count). The standard InChI is InChI=1S/C6H9ClO3/c1-4(3-6(7)9)10-5(2)8/h4H,3H2,1-2H3. The van der Waals surface area contributed by atoms with Crippen molar-refractivity contribution in [1.29, 1.82) is 0 Å². The third kappa shape index (κ3) is 5.56. The molecular weight excluding hydrogens is 156 g/mol. The zero-order valence-electron chi connectivity index (χ0n) is 5.89. The Labute approximate surface area is 64.3 Å². The summed E-state index contributed by atoms with van der Waals surface area (Å²) in [6, 6.07) is 0. The van der Waals surface area contributed by atoms with Crippen molar-refractivity contribution in [1.82, 2.24) is 0 Å². The second-order valence-corrected chi connectivity index (χ2v) is 2.40. The Bertz CT molecular complexity index is 128. The molecule has 0 spiro atoms. The van der Waals surface area contributed by atoms with Crippen LogP contribution in [0.4, 0.5) is 0 Å². The molecule has 1 unspecified atom stereocenters. The van der Waals surface area contributed by atoms with Gasteiger partial charge in [-0.25, -0.2) is 0 Å². The minimum Gasteiger partial charge on any atom is -0.462 e. The smallest absolute Gasteiger partial charge is 0.302 e. The van der Waals surface area contributed by atoms with Crippen LogP contribution >= 0.6 is 11.6 Å². The van der Waals surface area contributed by atoms with Crippen LogP contribution in [0.2, 0.25) is 0 Å². The molecule has 0 heterocycles. The summed E-state index contributed by atoms with van der Waals surface area (Å²) >= 11 is 5.03. The van der Waals surface area contributed by atoms with Crippen LogP contribution in [-0.2, 0) is 14.3 Å². The van der Waals surface area contributed by atoms with Crippen molar-refractivity contribution < 1.29 is 14.3 Å². The van der Waals surface area contributed by atoms with E-state index in [9.17, 15) is 9.59 Å². The van der Waals surface area contributed by atoms with Crippen LogP contribution in [0.25, 0.3) is 0 Å². The fourth-order valence-corrected chi connectivity index (χ4v) is 0.768. The lowest BCUT2D eigenvalue weighted by Crippen LogP contribution is -2.14. The first kappa shape index (κ1) is 9.43. The molecule has 0 fully saturated rings. The Balaban J connectivity index is 3.53.